The first-order valence-electron chi connectivity index (χ1n) is 7.66. The predicted molar refractivity (Wildman–Crippen MR) is 78.1 cm³/mol. The normalized spacial score (nSPS) is 29.7. The van der Waals surface area contributed by atoms with Crippen LogP contribution >= 0.6 is 0 Å². The first-order chi connectivity index (χ1) is 9.84. The Bertz CT molecular complexity index is 404. The van der Waals surface area contributed by atoms with Gasteiger partial charge in [0.25, 0.3) is 0 Å². The number of likely N-dealkylation sites (tertiary alicyclic amines) is 1. The molecular weight excluding hydrogens is 272 g/mol. The van der Waals surface area contributed by atoms with Gasteiger partial charge in [0.15, 0.2) is 0 Å². The highest BCUT2D eigenvalue weighted by molar-refractivity contribution is 5.76. The zero-order chi connectivity index (χ0) is 15.6. The second kappa shape index (κ2) is 6.22. The van der Waals surface area contributed by atoms with Gasteiger partial charge in [-0.15, -0.1) is 0 Å². The number of hydrogen-bond acceptors (Lipinski definition) is 3. The maximum atomic E-state index is 12.3. The van der Waals surface area contributed by atoms with Crippen LogP contribution in [0.4, 0.5) is 4.79 Å². The highest BCUT2D eigenvalue weighted by Crippen LogP contribution is 2.34. The lowest BCUT2D eigenvalue weighted by Crippen LogP contribution is -2.55. The number of carbonyl (C=O) groups is 2. The summed E-state index contributed by atoms with van der Waals surface area (Å²) in [7, 11) is 1.69. The van der Waals surface area contributed by atoms with E-state index in [1.54, 1.807) is 25.9 Å². The standard InChI is InChI=1S/C15H26N2O4/c1-15(2,13(18)19)10-5-4-6-17(9-10)14(20)16-11-7-12(8-11)21-3/h10-12H,4-9H2,1-3H3,(H,16,20)(H,18,19). The summed E-state index contributed by atoms with van der Waals surface area (Å²) in [6.45, 7) is 4.72. The van der Waals surface area contributed by atoms with Crippen molar-refractivity contribution >= 4 is 12.0 Å². The monoisotopic (exact) mass is 298 g/mol. The Morgan fingerprint density at radius 2 is 2.00 bits per heavy atom. The van der Waals surface area contributed by atoms with Crippen molar-refractivity contribution in [2.45, 2.75) is 51.7 Å². The van der Waals surface area contributed by atoms with Gasteiger partial charge in [-0.3, -0.25) is 4.79 Å². The minimum absolute atomic E-state index is 0.00242. The van der Waals surface area contributed by atoms with Gasteiger partial charge < -0.3 is 20.1 Å². The van der Waals surface area contributed by atoms with Crippen molar-refractivity contribution in [2.24, 2.45) is 11.3 Å². The minimum atomic E-state index is -0.795. The molecule has 1 atom stereocenters. The summed E-state index contributed by atoms with van der Waals surface area (Å²) in [5, 5.41) is 12.3. The van der Waals surface area contributed by atoms with Gasteiger partial charge in [0.2, 0.25) is 0 Å². The molecule has 0 spiro atoms. The van der Waals surface area contributed by atoms with Crippen LogP contribution < -0.4 is 5.32 Å². The molecule has 1 saturated carbocycles. The summed E-state index contributed by atoms with van der Waals surface area (Å²) < 4.78 is 5.20. The van der Waals surface area contributed by atoms with Crippen molar-refractivity contribution in [1.29, 1.82) is 0 Å². The van der Waals surface area contributed by atoms with E-state index in [0.717, 1.165) is 25.7 Å². The molecule has 2 fully saturated rings. The highest BCUT2D eigenvalue weighted by atomic mass is 16.5. The molecule has 1 saturated heterocycles. The lowest BCUT2D eigenvalue weighted by Gasteiger charge is -2.41. The third-order valence-electron chi connectivity index (χ3n) is 5.04. The number of nitrogens with zero attached hydrogens (tertiary/aromatic N) is 1. The number of urea groups is 1. The van der Waals surface area contributed by atoms with E-state index >= 15 is 0 Å². The van der Waals surface area contributed by atoms with Crippen LogP contribution in [0.25, 0.3) is 0 Å². The molecule has 6 nitrogen and oxygen atoms in total. The van der Waals surface area contributed by atoms with Gasteiger partial charge >= 0.3 is 12.0 Å². The number of aliphatic carboxylic acids is 1. The van der Waals surface area contributed by atoms with Crippen molar-refractivity contribution in [3.63, 3.8) is 0 Å². The Morgan fingerprint density at radius 3 is 2.57 bits per heavy atom. The number of methoxy groups -OCH3 is 1. The lowest BCUT2D eigenvalue weighted by molar-refractivity contribution is -0.151. The number of amides is 2. The van der Waals surface area contributed by atoms with Crippen LogP contribution in [0.1, 0.15) is 39.5 Å². The summed E-state index contributed by atoms with van der Waals surface area (Å²) in [5.74, 6) is -0.792. The predicted octanol–water partition coefficient (Wildman–Crippen LogP) is 1.70. The average Bonchev–Trinajstić information content (AvgIpc) is 2.42. The fourth-order valence-corrected chi connectivity index (χ4v) is 3.07. The zero-order valence-corrected chi connectivity index (χ0v) is 13.1. The molecule has 21 heavy (non-hydrogen) atoms. The number of carboxylic acids is 1. The molecule has 0 radical (unpaired) electrons. The second-order valence-corrected chi connectivity index (χ2v) is 6.79. The van der Waals surface area contributed by atoms with Gasteiger partial charge in [-0.25, -0.2) is 4.79 Å². The van der Waals surface area contributed by atoms with Crippen LogP contribution in [0.3, 0.4) is 0 Å². The molecule has 2 aliphatic rings. The van der Waals surface area contributed by atoms with E-state index in [-0.39, 0.29) is 24.1 Å². The summed E-state index contributed by atoms with van der Waals surface area (Å²) in [6.07, 6.45) is 3.70. The molecule has 0 aromatic heterocycles. The average molecular weight is 298 g/mol. The molecule has 6 heteroatoms. The minimum Gasteiger partial charge on any atom is -0.481 e. The first kappa shape index (κ1) is 16.1. The number of carbonyl (C=O) groups excluding carboxylic acids is 1. The van der Waals surface area contributed by atoms with Crippen LogP contribution in [-0.4, -0.2) is 54.4 Å². The number of piperidine rings is 1. The molecule has 0 aromatic rings. The first-order valence-corrected chi connectivity index (χ1v) is 7.66. The van der Waals surface area contributed by atoms with Crippen molar-refractivity contribution in [2.75, 3.05) is 20.2 Å². The van der Waals surface area contributed by atoms with Gasteiger partial charge in [0, 0.05) is 26.2 Å². The molecule has 1 aliphatic heterocycles. The molecule has 2 N–H and O–H groups in total. The molecule has 2 amide bonds. The van der Waals surface area contributed by atoms with Crippen LogP contribution in [0.5, 0.6) is 0 Å². The molecular formula is C15H26N2O4. The number of carboxylic acid groups (broad SMARTS) is 1. The van der Waals surface area contributed by atoms with E-state index in [1.165, 1.54) is 0 Å². The molecule has 0 aromatic carbocycles. The van der Waals surface area contributed by atoms with Crippen molar-refractivity contribution in [3.05, 3.63) is 0 Å². The van der Waals surface area contributed by atoms with E-state index in [9.17, 15) is 14.7 Å². The molecule has 120 valence electrons. The summed E-state index contributed by atoms with van der Waals surface area (Å²) in [4.78, 5) is 25.4. The summed E-state index contributed by atoms with van der Waals surface area (Å²) in [5.41, 5.74) is -0.795. The number of rotatable bonds is 4. The fourth-order valence-electron chi connectivity index (χ4n) is 3.07. The summed E-state index contributed by atoms with van der Waals surface area (Å²) >= 11 is 0. The lowest BCUT2D eigenvalue weighted by atomic mass is 9.74. The molecule has 1 unspecified atom stereocenters. The Morgan fingerprint density at radius 1 is 1.33 bits per heavy atom. The topological polar surface area (TPSA) is 78.9 Å². The van der Waals surface area contributed by atoms with Crippen molar-refractivity contribution in [3.8, 4) is 0 Å². The smallest absolute Gasteiger partial charge is 0.317 e. The van der Waals surface area contributed by atoms with E-state index < -0.39 is 11.4 Å². The van der Waals surface area contributed by atoms with Gasteiger partial charge in [0.1, 0.15) is 0 Å². The Hall–Kier alpha value is -1.30. The molecule has 1 aliphatic carbocycles. The van der Waals surface area contributed by atoms with Gasteiger partial charge in [-0.2, -0.15) is 0 Å². The molecule has 2 rings (SSSR count). The number of ether oxygens (including phenoxy) is 1. The third kappa shape index (κ3) is 3.48. The fraction of sp³-hybridized carbons (Fsp3) is 0.867. The molecule has 0 bridgehead atoms. The zero-order valence-electron chi connectivity index (χ0n) is 13.1. The van der Waals surface area contributed by atoms with E-state index in [1.807, 2.05) is 0 Å². The number of nitrogens with one attached hydrogen (secondary N) is 1. The molecule has 1 heterocycles. The largest absolute Gasteiger partial charge is 0.481 e. The van der Waals surface area contributed by atoms with Crippen molar-refractivity contribution < 1.29 is 19.4 Å². The Labute approximate surface area is 125 Å². The van der Waals surface area contributed by atoms with E-state index in [4.69, 9.17) is 4.74 Å². The summed E-state index contributed by atoms with van der Waals surface area (Å²) in [6, 6.07) is 0.121. The van der Waals surface area contributed by atoms with E-state index in [0.29, 0.717) is 13.1 Å². The van der Waals surface area contributed by atoms with Crippen LogP contribution in [0, 0.1) is 11.3 Å². The highest BCUT2D eigenvalue weighted by Gasteiger charge is 2.40. The van der Waals surface area contributed by atoms with Gasteiger partial charge in [-0.1, -0.05) is 0 Å². The number of hydrogen-bond donors (Lipinski definition) is 2. The van der Waals surface area contributed by atoms with E-state index in [2.05, 4.69) is 5.32 Å². The Kier molecular flexibility index (Phi) is 4.76. The maximum absolute atomic E-state index is 12.3. The van der Waals surface area contributed by atoms with Crippen LogP contribution in [0.2, 0.25) is 0 Å². The quantitative estimate of drug-likeness (QED) is 0.828. The van der Waals surface area contributed by atoms with Crippen molar-refractivity contribution in [1.82, 2.24) is 10.2 Å². The Balaban J connectivity index is 1.86. The third-order valence-corrected chi connectivity index (χ3v) is 5.04. The SMILES string of the molecule is COC1CC(NC(=O)N2CCCC(C(C)(C)C(=O)O)C2)C1. The van der Waals surface area contributed by atoms with Crippen LogP contribution in [0.15, 0.2) is 0 Å². The van der Waals surface area contributed by atoms with Gasteiger partial charge in [-0.05, 0) is 45.4 Å². The second-order valence-electron chi connectivity index (χ2n) is 6.79. The maximum Gasteiger partial charge on any atom is 0.317 e. The van der Waals surface area contributed by atoms with Gasteiger partial charge in [0.05, 0.1) is 11.5 Å². The van der Waals surface area contributed by atoms with Crippen LogP contribution in [-0.2, 0) is 9.53 Å².